The fourth-order valence-electron chi connectivity index (χ4n) is 4.27. The van der Waals surface area contributed by atoms with Gasteiger partial charge in [-0.05, 0) is 32.0 Å². The van der Waals surface area contributed by atoms with Crippen LogP contribution in [-0.4, -0.2) is 23.6 Å². The summed E-state index contributed by atoms with van der Waals surface area (Å²) in [5.74, 6) is -0.155. The maximum absolute atomic E-state index is 15.0. The van der Waals surface area contributed by atoms with Crippen molar-refractivity contribution in [3.63, 3.8) is 0 Å². The number of nitrogens with one attached hydrogen (secondary N) is 3. The lowest BCUT2D eigenvalue weighted by Gasteiger charge is -2.34. The molecule has 2 aromatic rings. The van der Waals surface area contributed by atoms with Crippen molar-refractivity contribution in [2.45, 2.75) is 31.7 Å². The molecule has 32 heavy (non-hydrogen) atoms. The molecule has 1 aliphatic heterocycles. The first-order valence-corrected chi connectivity index (χ1v) is 9.85. The van der Waals surface area contributed by atoms with Gasteiger partial charge in [0.15, 0.2) is 0 Å². The van der Waals surface area contributed by atoms with Gasteiger partial charge >= 0.3 is 6.18 Å². The molecule has 3 atom stereocenters. The maximum atomic E-state index is 15.0. The summed E-state index contributed by atoms with van der Waals surface area (Å²) in [7, 11) is 0. The molecular weight excluding hydrogens is 452 g/mol. The van der Waals surface area contributed by atoms with Gasteiger partial charge in [0.05, 0.1) is 28.5 Å². The van der Waals surface area contributed by atoms with Crippen molar-refractivity contribution in [1.82, 2.24) is 5.32 Å². The van der Waals surface area contributed by atoms with Crippen LogP contribution in [0.15, 0.2) is 28.4 Å². The van der Waals surface area contributed by atoms with Crippen LogP contribution in [0.2, 0.25) is 5.02 Å². The van der Waals surface area contributed by atoms with Crippen LogP contribution in [0.25, 0.3) is 5.57 Å². The number of furan rings is 1. The van der Waals surface area contributed by atoms with Crippen LogP contribution >= 0.6 is 11.6 Å². The van der Waals surface area contributed by atoms with Crippen molar-refractivity contribution >= 4 is 28.6 Å². The Morgan fingerprint density at radius 1 is 1.34 bits per heavy atom. The number of fused-ring (bicyclic) bond motifs is 2. The molecule has 4 N–H and O–H groups in total. The molecule has 2 heterocycles. The van der Waals surface area contributed by atoms with Gasteiger partial charge in [-0.15, -0.1) is 0 Å². The summed E-state index contributed by atoms with van der Waals surface area (Å²) in [6.45, 7) is 2.65. The van der Waals surface area contributed by atoms with Crippen molar-refractivity contribution in [3.05, 3.63) is 57.3 Å². The van der Waals surface area contributed by atoms with Crippen molar-refractivity contribution < 1.29 is 27.1 Å². The number of hydrogen-bond acceptors (Lipinski definition) is 6. The number of rotatable bonds is 3. The maximum Gasteiger partial charge on any atom is 0.416 e. The van der Waals surface area contributed by atoms with Crippen molar-refractivity contribution in [1.29, 1.82) is 10.7 Å². The molecule has 4 rings (SSSR count). The standard InChI is InChI=1S/C21H17ClF4N4O2/c1-8-3-11(9(2)32-8)16(15(28)6-27)19-29-17-12(20(30-19)13(7-31)18(20)23)4-10(5-14(17)22)21(24,25)26/h3-5,13,18,28-31H,7H2,1-2H3/b19-16+,28-15?. The minimum atomic E-state index is -4.72. The lowest BCUT2D eigenvalue weighted by Crippen LogP contribution is -2.42. The molecule has 2 aliphatic rings. The van der Waals surface area contributed by atoms with E-state index in [9.17, 15) is 23.5 Å². The predicted octanol–water partition coefficient (Wildman–Crippen LogP) is 4.65. The fraction of sp³-hybridized carbons (Fsp3) is 0.333. The molecule has 3 unspecified atom stereocenters. The summed E-state index contributed by atoms with van der Waals surface area (Å²) >= 11 is 6.18. The van der Waals surface area contributed by atoms with Gasteiger partial charge in [0, 0.05) is 17.0 Å². The van der Waals surface area contributed by atoms with Crippen LogP contribution in [0.1, 0.15) is 28.2 Å². The number of aliphatic hydroxyl groups is 1. The van der Waals surface area contributed by atoms with Crippen LogP contribution in [0.5, 0.6) is 0 Å². The van der Waals surface area contributed by atoms with E-state index in [1.807, 2.05) is 0 Å². The number of aliphatic hydroxyl groups excluding tert-OH is 1. The number of allylic oxidation sites excluding steroid dienone is 1. The number of nitrogens with zero attached hydrogens (tertiary/aromatic N) is 1. The number of benzene rings is 1. The van der Waals surface area contributed by atoms with E-state index < -0.39 is 41.7 Å². The Hall–Kier alpha value is -3.03. The average Bonchev–Trinajstić information content (AvgIpc) is 3.11. The minimum Gasteiger partial charge on any atom is -0.466 e. The molecule has 1 saturated carbocycles. The van der Waals surface area contributed by atoms with Crippen LogP contribution in [-0.2, 0) is 11.7 Å². The van der Waals surface area contributed by atoms with Crippen molar-refractivity contribution in [2.24, 2.45) is 5.92 Å². The van der Waals surface area contributed by atoms with Crippen molar-refractivity contribution in [2.75, 3.05) is 11.9 Å². The molecule has 6 nitrogen and oxygen atoms in total. The number of halogens is 5. The molecule has 0 radical (unpaired) electrons. The van der Waals surface area contributed by atoms with Gasteiger partial charge in [-0.3, -0.25) is 5.41 Å². The highest BCUT2D eigenvalue weighted by Gasteiger charge is 2.69. The van der Waals surface area contributed by atoms with Crippen LogP contribution < -0.4 is 10.6 Å². The molecular formula is C21H17ClF4N4O2. The normalized spacial score (nSPS) is 25.5. The molecule has 1 aliphatic carbocycles. The molecule has 0 bridgehead atoms. The number of hydrogen-bond donors (Lipinski definition) is 4. The number of nitriles is 1. The Morgan fingerprint density at radius 2 is 2.03 bits per heavy atom. The zero-order chi connectivity index (χ0) is 23.6. The predicted molar refractivity (Wildman–Crippen MR) is 109 cm³/mol. The smallest absolute Gasteiger partial charge is 0.416 e. The molecule has 1 spiro atoms. The summed E-state index contributed by atoms with van der Waals surface area (Å²) in [6.07, 6.45) is -6.45. The second-order valence-corrected chi connectivity index (χ2v) is 8.16. The second kappa shape index (κ2) is 7.25. The lowest BCUT2D eigenvalue weighted by atomic mass is 9.93. The average molecular weight is 469 g/mol. The zero-order valence-electron chi connectivity index (χ0n) is 16.8. The van der Waals surface area contributed by atoms with Gasteiger partial charge in [0.25, 0.3) is 0 Å². The van der Waals surface area contributed by atoms with Crippen LogP contribution in [0.3, 0.4) is 0 Å². The van der Waals surface area contributed by atoms with Gasteiger partial charge in [0.1, 0.15) is 40.8 Å². The topological polar surface area (TPSA) is 105 Å². The SMILES string of the molecule is Cc1cc(/C(C(=N)C#N)=C2/Nc3c(Cl)cc(C(F)(F)F)cc3C3(N2)C(F)C3CO)c(C)o1. The highest BCUT2D eigenvalue weighted by molar-refractivity contribution is 6.34. The molecule has 1 fully saturated rings. The van der Waals surface area contributed by atoms with Gasteiger partial charge in [0.2, 0.25) is 0 Å². The third-order valence-corrected chi connectivity index (χ3v) is 6.13. The summed E-state index contributed by atoms with van der Waals surface area (Å²) in [5.41, 5.74) is -2.91. The second-order valence-electron chi connectivity index (χ2n) is 7.75. The Balaban J connectivity index is 1.99. The first-order valence-electron chi connectivity index (χ1n) is 9.47. The van der Waals surface area contributed by atoms with Crippen molar-refractivity contribution in [3.8, 4) is 6.07 Å². The summed E-state index contributed by atoms with van der Waals surface area (Å²) in [6, 6.07) is 4.83. The summed E-state index contributed by atoms with van der Waals surface area (Å²) in [5, 5.41) is 32.6. The van der Waals surface area contributed by atoms with E-state index in [0.717, 1.165) is 12.1 Å². The zero-order valence-corrected chi connectivity index (χ0v) is 17.5. The van der Waals surface area contributed by atoms with Gasteiger partial charge in [-0.2, -0.15) is 18.4 Å². The fourth-order valence-corrected chi connectivity index (χ4v) is 4.53. The number of aryl methyl sites for hydroxylation is 2. The third-order valence-electron chi connectivity index (χ3n) is 5.83. The molecule has 0 saturated heterocycles. The van der Waals surface area contributed by atoms with Crippen LogP contribution in [0, 0.1) is 36.5 Å². The van der Waals surface area contributed by atoms with Gasteiger partial charge < -0.3 is 20.2 Å². The van der Waals surface area contributed by atoms with Gasteiger partial charge in [-0.1, -0.05) is 11.6 Å². The monoisotopic (exact) mass is 468 g/mol. The quantitative estimate of drug-likeness (QED) is 0.387. The van der Waals surface area contributed by atoms with E-state index >= 15 is 4.39 Å². The van der Waals surface area contributed by atoms with E-state index in [1.165, 1.54) is 0 Å². The number of anilines is 1. The third kappa shape index (κ3) is 3.15. The van der Waals surface area contributed by atoms with E-state index in [4.69, 9.17) is 21.4 Å². The lowest BCUT2D eigenvalue weighted by molar-refractivity contribution is -0.137. The van der Waals surface area contributed by atoms with E-state index in [-0.39, 0.29) is 27.7 Å². The van der Waals surface area contributed by atoms with E-state index in [2.05, 4.69) is 10.6 Å². The Bertz CT molecular complexity index is 1210. The van der Waals surface area contributed by atoms with Crippen LogP contribution in [0.4, 0.5) is 23.2 Å². The minimum absolute atomic E-state index is 0.00752. The molecule has 168 valence electrons. The highest BCUT2D eigenvalue weighted by atomic mass is 35.5. The molecule has 0 amide bonds. The highest BCUT2D eigenvalue weighted by Crippen LogP contribution is 2.60. The molecule has 1 aromatic heterocycles. The summed E-state index contributed by atoms with van der Waals surface area (Å²) < 4.78 is 60.7. The van der Waals surface area contributed by atoms with E-state index in [1.54, 1.807) is 26.0 Å². The van der Waals surface area contributed by atoms with E-state index in [0.29, 0.717) is 17.1 Å². The summed E-state index contributed by atoms with van der Waals surface area (Å²) in [4.78, 5) is 0. The Kier molecular flexibility index (Phi) is 5.02. The Labute approximate surface area is 185 Å². The molecule has 1 aromatic carbocycles. The molecule has 11 heteroatoms. The number of alkyl halides is 4. The first kappa shape index (κ1) is 22.2. The van der Waals surface area contributed by atoms with Gasteiger partial charge in [-0.25, -0.2) is 4.39 Å². The largest absolute Gasteiger partial charge is 0.466 e. The first-order chi connectivity index (χ1) is 14.9. The Morgan fingerprint density at radius 3 is 2.53 bits per heavy atom.